The molecule has 0 bridgehead atoms. The highest BCUT2D eigenvalue weighted by molar-refractivity contribution is 9.10. The summed E-state index contributed by atoms with van der Waals surface area (Å²) in [7, 11) is 0. The first-order valence-electron chi connectivity index (χ1n) is 7.55. The van der Waals surface area contributed by atoms with Gasteiger partial charge in [0.05, 0.1) is 5.56 Å². The maximum atomic E-state index is 12.1. The molecule has 0 radical (unpaired) electrons. The number of nitrogens with zero attached hydrogens (tertiary/aromatic N) is 1. The molecule has 0 spiro atoms. The fraction of sp³-hybridized carbons (Fsp3) is 0.294. The first kappa shape index (κ1) is 16.0. The quantitative estimate of drug-likeness (QED) is 0.812. The second-order valence-electron chi connectivity index (χ2n) is 5.66. The number of hydrogen-bond donors (Lipinski definition) is 2. The van der Waals surface area contributed by atoms with Crippen LogP contribution in [0, 0.1) is 5.92 Å². The van der Waals surface area contributed by atoms with E-state index in [4.69, 9.17) is 10.5 Å². The lowest BCUT2D eigenvalue weighted by Gasteiger charge is -2.11. The molecule has 3 N–H and O–H groups in total. The van der Waals surface area contributed by atoms with E-state index in [1.54, 1.807) is 12.1 Å². The van der Waals surface area contributed by atoms with Gasteiger partial charge in [-0.15, -0.1) is 0 Å². The monoisotopic (exact) mass is 375 g/mol. The van der Waals surface area contributed by atoms with Crippen LogP contribution in [0.5, 0.6) is 11.6 Å². The molecule has 0 aliphatic heterocycles. The molecule has 1 aliphatic carbocycles. The van der Waals surface area contributed by atoms with Crippen molar-refractivity contribution >= 4 is 21.8 Å². The summed E-state index contributed by atoms with van der Waals surface area (Å²) in [5, 5.41) is 2.85. The molecule has 3 rings (SSSR count). The summed E-state index contributed by atoms with van der Waals surface area (Å²) in [6, 6.07) is 10.9. The van der Waals surface area contributed by atoms with E-state index in [9.17, 15) is 4.79 Å². The molecule has 1 heterocycles. The third-order valence-electron chi connectivity index (χ3n) is 3.74. The number of benzene rings is 1. The lowest BCUT2D eigenvalue weighted by molar-refractivity contribution is 0.0950. The molecular weight excluding hydrogens is 358 g/mol. The molecule has 2 aromatic rings. The molecular formula is C17H18BrN3O2. The molecule has 1 atom stereocenters. The number of ether oxygens (including phenoxy) is 1. The Labute approximate surface area is 143 Å². The van der Waals surface area contributed by atoms with Crippen molar-refractivity contribution in [1.29, 1.82) is 0 Å². The molecule has 0 saturated heterocycles. The molecule has 1 amide bonds. The number of aromatic nitrogens is 1. The van der Waals surface area contributed by atoms with Crippen LogP contribution in [-0.2, 0) is 0 Å². The van der Waals surface area contributed by atoms with Crippen molar-refractivity contribution in [3.63, 3.8) is 0 Å². The van der Waals surface area contributed by atoms with Crippen molar-refractivity contribution in [1.82, 2.24) is 10.3 Å². The van der Waals surface area contributed by atoms with Crippen molar-refractivity contribution in [3.05, 3.63) is 52.6 Å². The van der Waals surface area contributed by atoms with Crippen LogP contribution >= 0.6 is 15.9 Å². The van der Waals surface area contributed by atoms with E-state index in [0.29, 0.717) is 29.7 Å². The van der Waals surface area contributed by atoms with Crippen molar-refractivity contribution in [2.45, 2.75) is 18.9 Å². The van der Waals surface area contributed by atoms with Crippen LogP contribution in [-0.4, -0.2) is 23.5 Å². The first-order valence-corrected chi connectivity index (χ1v) is 8.34. The Hall–Kier alpha value is -1.92. The SMILES string of the molecule is NC(CNC(=O)c1ccc(Oc2cccc(Br)c2)nc1)C1CC1. The van der Waals surface area contributed by atoms with Gasteiger partial charge >= 0.3 is 0 Å². The summed E-state index contributed by atoms with van der Waals surface area (Å²) in [5.74, 6) is 1.52. The van der Waals surface area contributed by atoms with Gasteiger partial charge in [0.1, 0.15) is 5.75 Å². The van der Waals surface area contributed by atoms with Crippen molar-refractivity contribution in [2.24, 2.45) is 11.7 Å². The summed E-state index contributed by atoms with van der Waals surface area (Å²) >= 11 is 3.39. The summed E-state index contributed by atoms with van der Waals surface area (Å²) in [6.45, 7) is 0.500. The number of nitrogens with two attached hydrogens (primary N) is 1. The minimum atomic E-state index is -0.164. The highest BCUT2D eigenvalue weighted by Gasteiger charge is 2.28. The largest absolute Gasteiger partial charge is 0.439 e. The maximum Gasteiger partial charge on any atom is 0.252 e. The van der Waals surface area contributed by atoms with Gasteiger partial charge in [-0.25, -0.2) is 4.98 Å². The second-order valence-corrected chi connectivity index (χ2v) is 6.57. The number of carbonyl (C=O) groups is 1. The molecule has 1 saturated carbocycles. The van der Waals surface area contributed by atoms with Gasteiger partial charge < -0.3 is 15.8 Å². The van der Waals surface area contributed by atoms with E-state index in [2.05, 4.69) is 26.2 Å². The van der Waals surface area contributed by atoms with Crippen molar-refractivity contribution < 1.29 is 9.53 Å². The number of nitrogens with one attached hydrogen (secondary N) is 1. The van der Waals surface area contributed by atoms with E-state index >= 15 is 0 Å². The Morgan fingerprint density at radius 2 is 2.22 bits per heavy atom. The van der Waals surface area contributed by atoms with Crippen LogP contribution in [0.15, 0.2) is 47.1 Å². The predicted molar refractivity (Wildman–Crippen MR) is 91.5 cm³/mol. The predicted octanol–water partition coefficient (Wildman–Crippen LogP) is 3.10. The topological polar surface area (TPSA) is 77.2 Å². The highest BCUT2D eigenvalue weighted by Crippen LogP contribution is 2.31. The van der Waals surface area contributed by atoms with Gasteiger partial charge in [0.15, 0.2) is 0 Å². The third-order valence-corrected chi connectivity index (χ3v) is 4.24. The zero-order valence-corrected chi connectivity index (χ0v) is 14.1. The van der Waals surface area contributed by atoms with Gasteiger partial charge in [0.2, 0.25) is 5.88 Å². The second kappa shape index (κ2) is 7.10. The van der Waals surface area contributed by atoms with E-state index < -0.39 is 0 Å². The molecule has 1 aromatic heterocycles. The van der Waals surface area contributed by atoms with Crippen LogP contribution in [0.2, 0.25) is 0 Å². The van der Waals surface area contributed by atoms with Gasteiger partial charge in [0, 0.05) is 29.3 Å². The summed E-state index contributed by atoms with van der Waals surface area (Å²) in [6.07, 6.45) is 3.84. The smallest absolute Gasteiger partial charge is 0.252 e. The lowest BCUT2D eigenvalue weighted by atomic mass is 10.2. The molecule has 5 nitrogen and oxygen atoms in total. The zero-order chi connectivity index (χ0) is 16.2. The Morgan fingerprint density at radius 3 is 2.87 bits per heavy atom. The van der Waals surface area contributed by atoms with Crippen LogP contribution in [0.25, 0.3) is 0 Å². The van der Waals surface area contributed by atoms with E-state index in [1.807, 2.05) is 24.3 Å². The van der Waals surface area contributed by atoms with Gasteiger partial charge in [-0.05, 0) is 43.0 Å². The Bertz CT molecular complexity index is 686. The normalized spacial score (nSPS) is 15.0. The van der Waals surface area contributed by atoms with Gasteiger partial charge in [0.25, 0.3) is 5.91 Å². The minimum Gasteiger partial charge on any atom is -0.439 e. The van der Waals surface area contributed by atoms with Gasteiger partial charge in [-0.3, -0.25) is 4.79 Å². The number of pyridine rings is 1. The Balaban J connectivity index is 1.56. The molecule has 120 valence electrons. The van der Waals surface area contributed by atoms with Crippen LogP contribution in [0.3, 0.4) is 0 Å². The highest BCUT2D eigenvalue weighted by atomic mass is 79.9. The summed E-state index contributed by atoms with van der Waals surface area (Å²) in [5.41, 5.74) is 6.47. The number of amides is 1. The van der Waals surface area contributed by atoms with Gasteiger partial charge in [-0.2, -0.15) is 0 Å². The zero-order valence-electron chi connectivity index (χ0n) is 12.5. The van der Waals surface area contributed by atoms with E-state index in [-0.39, 0.29) is 11.9 Å². The van der Waals surface area contributed by atoms with Crippen LogP contribution < -0.4 is 15.8 Å². The fourth-order valence-electron chi connectivity index (χ4n) is 2.23. The van der Waals surface area contributed by atoms with E-state index in [1.165, 1.54) is 19.0 Å². The van der Waals surface area contributed by atoms with Gasteiger partial charge in [-0.1, -0.05) is 22.0 Å². The minimum absolute atomic E-state index is 0.0473. The number of hydrogen-bond acceptors (Lipinski definition) is 4. The van der Waals surface area contributed by atoms with Crippen LogP contribution in [0.1, 0.15) is 23.2 Å². The molecule has 1 aliphatic rings. The average molecular weight is 376 g/mol. The Morgan fingerprint density at radius 1 is 1.39 bits per heavy atom. The number of rotatable bonds is 6. The van der Waals surface area contributed by atoms with Crippen LogP contribution in [0.4, 0.5) is 0 Å². The molecule has 23 heavy (non-hydrogen) atoms. The lowest BCUT2D eigenvalue weighted by Crippen LogP contribution is -2.38. The summed E-state index contributed by atoms with van der Waals surface area (Å²) < 4.78 is 6.57. The number of halogens is 1. The molecule has 1 fully saturated rings. The molecule has 1 unspecified atom stereocenters. The fourth-order valence-corrected chi connectivity index (χ4v) is 2.61. The average Bonchev–Trinajstić information content (AvgIpc) is 3.38. The summed E-state index contributed by atoms with van der Waals surface area (Å²) in [4.78, 5) is 16.2. The van der Waals surface area contributed by atoms with E-state index in [0.717, 1.165) is 4.47 Å². The Kier molecular flexibility index (Phi) is 4.93. The third kappa shape index (κ3) is 4.53. The standard InChI is InChI=1S/C17H18BrN3O2/c18-13-2-1-3-14(8-13)23-16-7-6-12(9-20-16)17(22)21-10-15(19)11-4-5-11/h1-3,6-9,11,15H,4-5,10,19H2,(H,21,22). The first-order chi connectivity index (χ1) is 11.1. The molecule has 6 heteroatoms. The maximum absolute atomic E-state index is 12.1. The van der Waals surface area contributed by atoms with Crippen molar-refractivity contribution in [2.75, 3.05) is 6.54 Å². The number of carbonyl (C=O) groups excluding carboxylic acids is 1. The molecule has 1 aromatic carbocycles. The van der Waals surface area contributed by atoms with Crippen molar-refractivity contribution in [3.8, 4) is 11.6 Å².